The number of carbonyl (C=O) groups is 1. The summed E-state index contributed by atoms with van der Waals surface area (Å²) in [6.45, 7) is 7.05. The average Bonchev–Trinajstić information content (AvgIpc) is 3.12. The molecule has 1 aromatic carbocycles. The van der Waals surface area contributed by atoms with Gasteiger partial charge in [0.1, 0.15) is 0 Å². The first-order valence-corrected chi connectivity index (χ1v) is 10.5. The maximum absolute atomic E-state index is 11.9. The molecule has 2 aliphatic heterocycles. The lowest BCUT2D eigenvalue weighted by atomic mass is 9.99. The number of likely N-dealkylation sites (tertiary alicyclic amines) is 2. The number of hydrogen-bond donors (Lipinski definition) is 2. The molecule has 2 N–H and O–H groups in total. The lowest BCUT2D eigenvalue weighted by Crippen LogP contribution is -2.40. The lowest BCUT2D eigenvalue weighted by molar-refractivity contribution is -0.145. The van der Waals surface area contributed by atoms with Gasteiger partial charge >= 0.3 is 5.97 Å². The first-order chi connectivity index (χ1) is 14.0. The molecule has 2 unspecified atom stereocenters. The van der Waals surface area contributed by atoms with Crippen LogP contribution in [0.1, 0.15) is 30.9 Å². The zero-order valence-corrected chi connectivity index (χ0v) is 20.5. The number of nitrogens with zero attached hydrogens (tertiary/aromatic N) is 3. The first kappa shape index (κ1) is 24.9. The van der Waals surface area contributed by atoms with Crippen LogP contribution in [0.4, 0.5) is 0 Å². The summed E-state index contributed by atoms with van der Waals surface area (Å²) in [6, 6.07) is 8.66. The van der Waals surface area contributed by atoms with E-state index in [1.165, 1.54) is 18.2 Å². The standard InChI is InChI=1S/C22H34N4O3.HI/c1-16-13-26(15-20(16)21(28)29-3)22(23-2)24-12-17-4-6-18(7-5-17)14-25-10-8-19(27)9-11-25;/h4-7,16,19-20,27H,8-15H2,1-3H3,(H,23,24);1H. The number of hydrogen-bond acceptors (Lipinski definition) is 5. The molecule has 2 fully saturated rings. The molecule has 2 heterocycles. The van der Waals surface area contributed by atoms with Gasteiger partial charge in [0.15, 0.2) is 5.96 Å². The van der Waals surface area contributed by atoms with Crippen molar-refractivity contribution in [2.24, 2.45) is 16.8 Å². The van der Waals surface area contributed by atoms with Crippen LogP contribution in [0.25, 0.3) is 0 Å². The summed E-state index contributed by atoms with van der Waals surface area (Å²) >= 11 is 0. The Labute approximate surface area is 196 Å². The Bertz CT molecular complexity index is 705. The molecule has 0 amide bonds. The van der Waals surface area contributed by atoms with Gasteiger partial charge in [-0.3, -0.25) is 14.7 Å². The molecule has 7 nitrogen and oxygen atoms in total. The molecule has 2 saturated heterocycles. The molecule has 0 radical (unpaired) electrons. The fraction of sp³-hybridized carbons (Fsp3) is 0.636. The molecule has 3 rings (SSSR count). The van der Waals surface area contributed by atoms with E-state index in [4.69, 9.17) is 4.74 Å². The van der Waals surface area contributed by atoms with Gasteiger partial charge < -0.3 is 20.1 Å². The quantitative estimate of drug-likeness (QED) is 0.263. The third-order valence-corrected chi connectivity index (χ3v) is 6.06. The summed E-state index contributed by atoms with van der Waals surface area (Å²) in [6.07, 6.45) is 1.61. The predicted molar refractivity (Wildman–Crippen MR) is 129 cm³/mol. The molecule has 2 atom stereocenters. The molecule has 0 aliphatic carbocycles. The van der Waals surface area contributed by atoms with Gasteiger partial charge in [0, 0.05) is 46.3 Å². The zero-order valence-electron chi connectivity index (χ0n) is 18.2. The normalized spacial score (nSPS) is 23.2. The summed E-state index contributed by atoms with van der Waals surface area (Å²) in [5.74, 6) is 0.818. The predicted octanol–water partition coefficient (Wildman–Crippen LogP) is 2.08. The molecule has 168 valence electrons. The van der Waals surface area contributed by atoms with E-state index in [1.54, 1.807) is 7.05 Å². The molecule has 0 spiro atoms. The minimum Gasteiger partial charge on any atom is -0.469 e. The number of esters is 1. The maximum Gasteiger partial charge on any atom is 0.310 e. The van der Waals surface area contributed by atoms with Crippen LogP contribution in [0.5, 0.6) is 0 Å². The number of piperidine rings is 1. The Morgan fingerprint density at radius 2 is 1.83 bits per heavy atom. The van der Waals surface area contributed by atoms with E-state index >= 15 is 0 Å². The van der Waals surface area contributed by atoms with Crippen molar-refractivity contribution >= 4 is 35.9 Å². The van der Waals surface area contributed by atoms with Gasteiger partial charge in [0.05, 0.1) is 19.1 Å². The van der Waals surface area contributed by atoms with Crippen molar-refractivity contribution in [3.05, 3.63) is 35.4 Å². The van der Waals surface area contributed by atoms with Crippen LogP contribution in [-0.4, -0.2) is 73.3 Å². The molecule has 2 aliphatic rings. The number of methoxy groups -OCH3 is 1. The Kier molecular flexibility index (Phi) is 9.83. The van der Waals surface area contributed by atoms with E-state index in [0.717, 1.165) is 45.0 Å². The van der Waals surface area contributed by atoms with E-state index in [1.807, 2.05) is 0 Å². The molecule has 0 aromatic heterocycles. The number of rotatable bonds is 5. The highest BCUT2D eigenvalue weighted by atomic mass is 127. The molecule has 30 heavy (non-hydrogen) atoms. The minimum absolute atomic E-state index is 0. The number of aliphatic hydroxyl groups is 1. The Morgan fingerprint density at radius 3 is 2.43 bits per heavy atom. The molecule has 8 heteroatoms. The number of aliphatic imine (C=N–C) groups is 1. The highest BCUT2D eigenvalue weighted by molar-refractivity contribution is 14.0. The molecular weight excluding hydrogens is 495 g/mol. The second kappa shape index (κ2) is 11.9. The number of guanidine groups is 1. The van der Waals surface area contributed by atoms with Gasteiger partial charge in [-0.2, -0.15) is 0 Å². The third-order valence-electron chi connectivity index (χ3n) is 6.06. The molecular formula is C22H35IN4O3. The number of benzene rings is 1. The van der Waals surface area contributed by atoms with Gasteiger partial charge in [-0.05, 0) is 29.9 Å². The van der Waals surface area contributed by atoms with Gasteiger partial charge in [0.2, 0.25) is 0 Å². The second-order valence-electron chi connectivity index (χ2n) is 8.24. The Balaban J connectivity index is 0.00000320. The van der Waals surface area contributed by atoms with E-state index in [9.17, 15) is 9.90 Å². The maximum atomic E-state index is 11.9. The summed E-state index contributed by atoms with van der Waals surface area (Å²) in [5.41, 5.74) is 2.49. The largest absolute Gasteiger partial charge is 0.469 e. The van der Waals surface area contributed by atoms with Gasteiger partial charge in [-0.15, -0.1) is 24.0 Å². The van der Waals surface area contributed by atoms with Crippen molar-refractivity contribution in [3.63, 3.8) is 0 Å². The highest BCUT2D eigenvalue weighted by Gasteiger charge is 2.36. The van der Waals surface area contributed by atoms with Crippen LogP contribution < -0.4 is 5.32 Å². The number of carbonyl (C=O) groups excluding carboxylic acids is 1. The SMILES string of the molecule is CN=C(NCc1ccc(CN2CCC(O)CC2)cc1)N1CC(C)C(C(=O)OC)C1.I. The van der Waals surface area contributed by atoms with Crippen molar-refractivity contribution in [1.82, 2.24) is 15.1 Å². The summed E-state index contributed by atoms with van der Waals surface area (Å²) in [4.78, 5) is 20.8. The fourth-order valence-corrected chi connectivity index (χ4v) is 4.21. The van der Waals surface area contributed by atoms with Crippen LogP contribution in [0.15, 0.2) is 29.3 Å². The zero-order chi connectivity index (χ0) is 20.8. The van der Waals surface area contributed by atoms with Crippen LogP contribution in [0.3, 0.4) is 0 Å². The minimum atomic E-state index is -0.144. The number of nitrogens with one attached hydrogen (secondary N) is 1. The topological polar surface area (TPSA) is 77.4 Å². The van der Waals surface area contributed by atoms with Crippen molar-refractivity contribution in [2.45, 2.75) is 39.0 Å². The van der Waals surface area contributed by atoms with Crippen molar-refractivity contribution in [1.29, 1.82) is 0 Å². The molecule has 1 aromatic rings. The smallest absolute Gasteiger partial charge is 0.310 e. The van der Waals surface area contributed by atoms with Gasteiger partial charge in [-0.25, -0.2) is 0 Å². The van der Waals surface area contributed by atoms with Crippen molar-refractivity contribution in [3.8, 4) is 0 Å². The van der Waals surface area contributed by atoms with E-state index in [2.05, 4.69) is 51.3 Å². The van der Waals surface area contributed by atoms with Crippen LogP contribution >= 0.6 is 24.0 Å². The van der Waals surface area contributed by atoms with Crippen molar-refractivity contribution < 1.29 is 14.6 Å². The summed E-state index contributed by atoms with van der Waals surface area (Å²) in [5, 5.41) is 13.0. The number of aliphatic hydroxyl groups excluding tert-OH is 1. The van der Waals surface area contributed by atoms with Crippen LogP contribution in [0, 0.1) is 11.8 Å². The number of ether oxygens (including phenoxy) is 1. The number of halogens is 1. The van der Waals surface area contributed by atoms with Crippen LogP contribution in [0.2, 0.25) is 0 Å². The summed E-state index contributed by atoms with van der Waals surface area (Å²) in [7, 11) is 3.22. The summed E-state index contributed by atoms with van der Waals surface area (Å²) < 4.78 is 4.92. The van der Waals surface area contributed by atoms with E-state index in [-0.39, 0.29) is 47.9 Å². The second-order valence-corrected chi connectivity index (χ2v) is 8.24. The van der Waals surface area contributed by atoms with Crippen LogP contribution in [-0.2, 0) is 22.6 Å². The van der Waals surface area contributed by atoms with E-state index < -0.39 is 0 Å². The van der Waals surface area contributed by atoms with Crippen molar-refractivity contribution in [2.75, 3.05) is 40.3 Å². The van der Waals surface area contributed by atoms with Gasteiger partial charge in [-0.1, -0.05) is 31.2 Å². The monoisotopic (exact) mass is 530 g/mol. The fourth-order valence-electron chi connectivity index (χ4n) is 4.21. The Morgan fingerprint density at radius 1 is 1.20 bits per heavy atom. The van der Waals surface area contributed by atoms with E-state index in [0.29, 0.717) is 13.1 Å². The average molecular weight is 530 g/mol. The first-order valence-electron chi connectivity index (χ1n) is 10.5. The third kappa shape index (κ3) is 6.55. The molecule has 0 bridgehead atoms. The lowest BCUT2D eigenvalue weighted by Gasteiger charge is -2.29. The van der Waals surface area contributed by atoms with Gasteiger partial charge in [0.25, 0.3) is 0 Å². The highest BCUT2D eigenvalue weighted by Crippen LogP contribution is 2.24. The Hall–Kier alpha value is -1.39. The molecule has 0 saturated carbocycles.